The van der Waals surface area contributed by atoms with E-state index in [1.807, 2.05) is 52.0 Å². The summed E-state index contributed by atoms with van der Waals surface area (Å²) in [6, 6.07) is 5.04. The highest BCUT2D eigenvalue weighted by atomic mass is 16.6. The number of amides is 5. The Bertz CT molecular complexity index is 1430. The molecule has 2 fully saturated rings. The lowest BCUT2D eigenvalue weighted by Gasteiger charge is -2.35. The molecule has 49 heavy (non-hydrogen) atoms. The van der Waals surface area contributed by atoms with Gasteiger partial charge < -0.3 is 30.9 Å². The van der Waals surface area contributed by atoms with E-state index in [0.717, 1.165) is 11.1 Å². The molecule has 12 nitrogen and oxygen atoms in total. The molecular weight excluding hydrogens is 626 g/mol. The second-order valence-electron chi connectivity index (χ2n) is 16.5. The molecule has 1 unspecified atom stereocenters. The molecule has 2 aliphatic carbocycles. The SMILES string of the molecule is CCCC(NC(=O)[C@@H]1[C@@H]2[C@H](CN1C(=O)[C@@H](NC(=O)OC(C)(C)C)C1Cc3ccccc3C1)C2(C)C)C(=O)C(=O)NCCC(=O)NC(C)(C)C. The predicted molar refractivity (Wildman–Crippen MR) is 184 cm³/mol. The molecular formula is C37H55N5O7. The van der Waals surface area contributed by atoms with Crippen LogP contribution in [0.4, 0.5) is 4.79 Å². The van der Waals surface area contributed by atoms with Gasteiger partial charge in [0.25, 0.3) is 5.91 Å². The Morgan fingerprint density at radius 2 is 1.57 bits per heavy atom. The molecule has 0 bridgehead atoms. The van der Waals surface area contributed by atoms with Crippen molar-refractivity contribution in [2.24, 2.45) is 23.2 Å². The lowest BCUT2D eigenvalue weighted by atomic mass is 9.93. The minimum atomic E-state index is -1.10. The molecule has 3 aliphatic rings. The minimum Gasteiger partial charge on any atom is -0.444 e. The molecule has 1 saturated carbocycles. The fourth-order valence-electron chi connectivity index (χ4n) is 7.47. The van der Waals surface area contributed by atoms with Crippen molar-refractivity contribution >= 4 is 35.5 Å². The van der Waals surface area contributed by atoms with Gasteiger partial charge in [0, 0.05) is 25.0 Å². The lowest BCUT2D eigenvalue weighted by Crippen LogP contribution is -2.60. The first-order valence-corrected chi connectivity index (χ1v) is 17.5. The average molecular weight is 682 g/mol. The fourth-order valence-corrected chi connectivity index (χ4v) is 7.47. The largest absolute Gasteiger partial charge is 0.444 e. The number of fused-ring (bicyclic) bond motifs is 2. The van der Waals surface area contributed by atoms with Crippen LogP contribution < -0.4 is 21.3 Å². The summed E-state index contributed by atoms with van der Waals surface area (Å²) in [6.07, 6.45) is 1.22. The normalized spacial score (nSPS) is 22.2. The van der Waals surface area contributed by atoms with E-state index in [0.29, 0.717) is 25.8 Å². The van der Waals surface area contributed by atoms with Gasteiger partial charge in [0.1, 0.15) is 17.7 Å². The number of carbonyl (C=O) groups is 6. The first-order chi connectivity index (χ1) is 22.7. The van der Waals surface area contributed by atoms with Gasteiger partial charge in [-0.25, -0.2) is 4.79 Å². The van der Waals surface area contributed by atoms with Crippen LogP contribution in [0.3, 0.4) is 0 Å². The summed E-state index contributed by atoms with van der Waals surface area (Å²) in [5.74, 6) is -3.12. The molecule has 1 heterocycles. The maximum atomic E-state index is 14.5. The first-order valence-electron chi connectivity index (χ1n) is 17.5. The zero-order chi connectivity index (χ0) is 36.5. The molecule has 0 aromatic heterocycles. The number of ketones is 1. The highest BCUT2D eigenvalue weighted by molar-refractivity contribution is 6.38. The van der Waals surface area contributed by atoms with Crippen molar-refractivity contribution in [1.29, 1.82) is 0 Å². The second kappa shape index (κ2) is 14.5. The van der Waals surface area contributed by atoms with Crippen molar-refractivity contribution in [3.05, 3.63) is 35.4 Å². The zero-order valence-corrected chi connectivity index (χ0v) is 30.5. The molecule has 0 spiro atoms. The zero-order valence-electron chi connectivity index (χ0n) is 30.5. The Morgan fingerprint density at radius 1 is 0.959 bits per heavy atom. The molecule has 270 valence electrons. The minimum absolute atomic E-state index is 0.00294. The van der Waals surface area contributed by atoms with Crippen molar-refractivity contribution < 1.29 is 33.5 Å². The second-order valence-corrected chi connectivity index (χ2v) is 16.5. The molecule has 4 N–H and O–H groups in total. The number of ether oxygens (including phenoxy) is 1. The highest BCUT2D eigenvalue weighted by Crippen LogP contribution is 2.65. The summed E-state index contributed by atoms with van der Waals surface area (Å²) in [6.45, 7) is 17.1. The van der Waals surface area contributed by atoms with Crippen molar-refractivity contribution in [2.45, 2.75) is 124 Å². The number of benzene rings is 1. The van der Waals surface area contributed by atoms with Gasteiger partial charge in [-0.2, -0.15) is 0 Å². The van der Waals surface area contributed by atoms with Crippen LogP contribution in [-0.2, 0) is 41.6 Å². The average Bonchev–Trinajstić information content (AvgIpc) is 3.33. The fraction of sp³-hybridized carbons (Fsp3) is 0.676. The number of likely N-dealkylation sites (tertiary alicyclic amines) is 1. The van der Waals surface area contributed by atoms with Gasteiger partial charge in [0.15, 0.2) is 0 Å². The van der Waals surface area contributed by atoms with Crippen LogP contribution in [0, 0.1) is 23.2 Å². The molecule has 12 heteroatoms. The number of hydrogen-bond acceptors (Lipinski definition) is 7. The summed E-state index contributed by atoms with van der Waals surface area (Å²) >= 11 is 0. The van der Waals surface area contributed by atoms with Crippen LogP contribution >= 0.6 is 0 Å². The molecule has 0 radical (unpaired) electrons. The number of Topliss-reactive ketones (excluding diaryl/α,β-unsaturated/α-hetero) is 1. The van der Waals surface area contributed by atoms with Gasteiger partial charge >= 0.3 is 6.09 Å². The smallest absolute Gasteiger partial charge is 0.408 e. The maximum absolute atomic E-state index is 14.5. The van der Waals surface area contributed by atoms with Gasteiger partial charge in [-0.15, -0.1) is 0 Å². The molecule has 1 saturated heterocycles. The Balaban J connectivity index is 1.50. The number of hydrogen-bond donors (Lipinski definition) is 4. The van der Waals surface area contributed by atoms with E-state index >= 15 is 0 Å². The van der Waals surface area contributed by atoms with E-state index in [1.165, 1.54) is 0 Å². The maximum Gasteiger partial charge on any atom is 0.408 e. The van der Waals surface area contributed by atoms with Crippen LogP contribution in [0.15, 0.2) is 24.3 Å². The summed E-state index contributed by atoms with van der Waals surface area (Å²) in [5, 5.41) is 11.0. The number of nitrogens with one attached hydrogen (secondary N) is 4. The number of carbonyl (C=O) groups excluding carboxylic acids is 6. The van der Waals surface area contributed by atoms with E-state index in [-0.39, 0.29) is 54.4 Å². The Labute approximate surface area is 290 Å². The Hall–Kier alpha value is -3.96. The van der Waals surface area contributed by atoms with Crippen molar-refractivity contribution in [1.82, 2.24) is 26.2 Å². The van der Waals surface area contributed by atoms with Gasteiger partial charge in [-0.3, -0.25) is 24.0 Å². The van der Waals surface area contributed by atoms with Gasteiger partial charge in [0.05, 0.1) is 6.04 Å². The van der Waals surface area contributed by atoms with E-state index < -0.39 is 53.0 Å². The third kappa shape index (κ3) is 9.19. The van der Waals surface area contributed by atoms with E-state index in [9.17, 15) is 28.8 Å². The van der Waals surface area contributed by atoms with Gasteiger partial charge in [-0.1, -0.05) is 51.5 Å². The first kappa shape index (κ1) is 37.9. The summed E-state index contributed by atoms with van der Waals surface area (Å²) < 4.78 is 5.55. The number of nitrogens with zero attached hydrogens (tertiary/aromatic N) is 1. The topological polar surface area (TPSA) is 163 Å². The van der Waals surface area contributed by atoms with Crippen LogP contribution in [0.25, 0.3) is 0 Å². The lowest BCUT2D eigenvalue weighted by molar-refractivity contribution is -0.144. The molecule has 4 rings (SSSR count). The standard InChI is InChI=1S/C37H55N5O7/c1-10-13-25(30(44)32(46)38-17-16-26(43)41-35(2,3)4)39-31(45)29-27-24(37(27,8)9)20-42(29)33(47)28(40-34(48)49-36(5,6)7)23-18-21-14-11-12-15-22(21)19-23/h11-12,14-15,23-25,27-29H,10,13,16-20H2,1-9H3,(H,38,46)(H,39,45)(H,40,48)(H,41,43)/t24-,25?,27-,28-,29-/m0/s1. The predicted octanol–water partition coefficient (Wildman–Crippen LogP) is 3.05. The van der Waals surface area contributed by atoms with Crippen LogP contribution in [0.2, 0.25) is 0 Å². The summed E-state index contributed by atoms with van der Waals surface area (Å²) in [5.41, 5.74) is 0.830. The van der Waals surface area contributed by atoms with Gasteiger partial charge in [0.2, 0.25) is 23.5 Å². The molecule has 1 aromatic carbocycles. The number of piperidine rings is 1. The van der Waals surface area contributed by atoms with Crippen molar-refractivity contribution in [2.75, 3.05) is 13.1 Å². The van der Waals surface area contributed by atoms with E-state index in [1.54, 1.807) is 25.7 Å². The van der Waals surface area contributed by atoms with Crippen LogP contribution in [0.5, 0.6) is 0 Å². The Morgan fingerprint density at radius 3 is 2.12 bits per heavy atom. The Kier molecular flexibility index (Phi) is 11.2. The van der Waals surface area contributed by atoms with E-state index in [2.05, 4.69) is 35.1 Å². The summed E-state index contributed by atoms with van der Waals surface area (Å²) in [7, 11) is 0. The quantitative estimate of drug-likeness (QED) is 0.247. The molecule has 5 amide bonds. The van der Waals surface area contributed by atoms with Gasteiger partial charge in [-0.05, 0) is 95.1 Å². The molecule has 1 aromatic rings. The molecule has 5 atom stereocenters. The van der Waals surface area contributed by atoms with Crippen molar-refractivity contribution in [3.63, 3.8) is 0 Å². The summed E-state index contributed by atoms with van der Waals surface area (Å²) in [4.78, 5) is 81.5. The number of alkyl carbamates (subject to hydrolysis) is 1. The highest BCUT2D eigenvalue weighted by Gasteiger charge is 2.69. The van der Waals surface area contributed by atoms with Crippen LogP contribution in [-0.4, -0.2) is 82.8 Å². The van der Waals surface area contributed by atoms with Crippen molar-refractivity contribution in [3.8, 4) is 0 Å². The monoisotopic (exact) mass is 681 g/mol. The third-order valence-corrected chi connectivity index (χ3v) is 9.84. The third-order valence-electron chi connectivity index (χ3n) is 9.84. The number of rotatable bonds is 12. The molecule has 1 aliphatic heterocycles. The van der Waals surface area contributed by atoms with Crippen LogP contribution in [0.1, 0.15) is 92.7 Å². The van der Waals surface area contributed by atoms with E-state index in [4.69, 9.17) is 4.74 Å².